The highest BCUT2D eigenvalue weighted by atomic mass is 35.5. The summed E-state index contributed by atoms with van der Waals surface area (Å²) in [6, 6.07) is 2.84. The number of hydrogen-bond donors (Lipinski definition) is 2. The summed E-state index contributed by atoms with van der Waals surface area (Å²) in [5.41, 5.74) is 0.481. The van der Waals surface area contributed by atoms with E-state index in [1.54, 1.807) is 0 Å². The molecule has 0 saturated heterocycles. The highest BCUT2D eigenvalue weighted by Gasteiger charge is 2.06. The van der Waals surface area contributed by atoms with Crippen LogP contribution < -0.4 is 4.74 Å². The standard InChI is InChI=1S/C8H9ClO3/c1-12-8-3-6(9)5(4-10)2-7(8)11/h2-3,10-11H,4H2,1H3. The Morgan fingerprint density at radius 2 is 2.17 bits per heavy atom. The van der Waals surface area contributed by atoms with Crippen LogP contribution in [0.2, 0.25) is 5.02 Å². The van der Waals surface area contributed by atoms with Gasteiger partial charge in [-0.25, -0.2) is 0 Å². The van der Waals surface area contributed by atoms with Crippen LogP contribution in [0, 0.1) is 0 Å². The predicted molar refractivity (Wildman–Crippen MR) is 45.6 cm³/mol. The van der Waals surface area contributed by atoms with Crippen LogP contribution in [0.5, 0.6) is 11.5 Å². The van der Waals surface area contributed by atoms with Gasteiger partial charge < -0.3 is 14.9 Å². The van der Waals surface area contributed by atoms with E-state index < -0.39 is 0 Å². The Bertz CT molecular complexity index is 256. The number of methoxy groups -OCH3 is 1. The maximum atomic E-state index is 9.25. The minimum absolute atomic E-state index is 0.0223. The smallest absolute Gasteiger partial charge is 0.161 e. The van der Waals surface area contributed by atoms with Crippen molar-refractivity contribution in [3.63, 3.8) is 0 Å². The Morgan fingerprint density at radius 1 is 1.50 bits per heavy atom. The van der Waals surface area contributed by atoms with Crippen molar-refractivity contribution in [2.75, 3.05) is 7.11 Å². The van der Waals surface area contributed by atoms with Crippen LogP contribution >= 0.6 is 11.6 Å². The van der Waals surface area contributed by atoms with E-state index in [0.29, 0.717) is 16.3 Å². The van der Waals surface area contributed by atoms with Crippen molar-refractivity contribution in [2.45, 2.75) is 6.61 Å². The van der Waals surface area contributed by atoms with E-state index in [4.69, 9.17) is 21.4 Å². The lowest BCUT2D eigenvalue weighted by molar-refractivity contribution is 0.280. The molecule has 0 aromatic heterocycles. The van der Waals surface area contributed by atoms with Crippen LogP contribution in [0.15, 0.2) is 12.1 Å². The van der Waals surface area contributed by atoms with Gasteiger partial charge in [-0.15, -0.1) is 0 Å². The second-order valence-corrected chi connectivity index (χ2v) is 2.68. The molecule has 1 rings (SSSR count). The summed E-state index contributed by atoms with van der Waals surface area (Å²) in [7, 11) is 1.43. The van der Waals surface area contributed by atoms with E-state index in [1.807, 2.05) is 0 Å². The fraction of sp³-hybridized carbons (Fsp3) is 0.250. The van der Waals surface area contributed by atoms with Gasteiger partial charge in [-0.1, -0.05) is 11.6 Å². The number of halogens is 1. The summed E-state index contributed by atoms with van der Waals surface area (Å²) in [6.45, 7) is -0.198. The molecule has 0 atom stereocenters. The minimum Gasteiger partial charge on any atom is -0.504 e. The van der Waals surface area contributed by atoms with E-state index in [1.165, 1.54) is 19.2 Å². The van der Waals surface area contributed by atoms with Crippen molar-refractivity contribution >= 4 is 11.6 Å². The molecule has 0 saturated carbocycles. The number of ether oxygens (including phenoxy) is 1. The number of aromatic hydroxyl groups is 1. The van der Waals surface area contributed by atoms with Crippen LogP contribution in [-0.2, 0) is 6.61 Å². The van der Waals surface area contributed by atoms with Gasteiger partial charge >= 0.3 is 0 Å². The molecule has 0 unspecified atom stereocenters. The van der Waals surface area contributed by atoms with Crippen LogP contribution in [0.25, 0.3) is 0 Å². The molecule has 2 N–H and O–H groups in total. The van der Waals surface area contributed by atoms with E-state index in [-0.39, 0.29) is 12.4 Å². The van der Waals surface area contributed by atoms with E-state index in [0.717, 1.165) is 0 Å². The van der Waals surface area contributed by atoms with Crippen molar-refractivity contribution in [3.05, 3.63) is 22.7 Å². The number of hydrogen-bond acceptors (Lipinski definition) is 3. The second kappa shape index (κ2) is 3.65. The Kier molecular flexibility index (Phi) is 2.78. The number of rotatable bonds is 2. The topological polar surface area (TPSA) is 49.7 Å². The van der Waals surface area contributed by atoms with Gasteiger partial charge in [0.15, 0.2) is 11.5 Å². The van der Waals surface area contributed by atoms with Gasteiger partial charge in [0.25, 0.3) is 0 Å². The monoisotopic (exact) mass is 188 g/mol. The Labute approximate surface area is 75.2 Å². The van der Waals surface area contributed by atoms with Crippen LogP contribution in [0.4, 0.5) is 0 Å². The molecule has 1 aromatic carbocycles. The van der Waals surface area contributed by atoms with Gasteiger partial charge in [0, 0.05) is 6.07 Å². The Morgan fingerprint density at radius 3 is 2.67 bits per heavy atom. The Hall–Kier alpha value is -0.930. The van der Waals surface area contributed by atoms with Gasteiger partial charge in [-0.2, -0.15) is 0 Å². The summed E-state index contributed by atoms with van der Waals surface area (Å²) in [6.07, 6.45) is 0. The van der Waals surface area contributed by atoms with Gasteiger partial charge in [-0.05, 0) is 11.6 Å². The molecule has 0 heterocycles. The quantitative estimate of drug-likeness (QED) is 0.741. The summed E-state index contributed by atoms with van der Waals surface area (Å²) >= 11 is 5.73. The number of aliphatic hydroxyl groups is 1. The third-order valence-electron chi connectivity index (χ3n) is 1.52. The number of benzene rings is 1. The van der Waals surface area contributed by atoms with Gasteiger partial charge in [0.1, 0.15) is 0 Å². The number of aliphatic hydroxyl groups excluding tert-OH is 1. The van der Waals surface area contributed by atoms with E-state index >= 15 is 0 Å². The van der Waals surface area contributed by atoms with Gasteiger partial charge in [0.05, 0.1) is 18.7 Å². The molecule has 3 nitrogen and oxygen atoms in total. The molecule has 12 heavy (non-hydrogen) atoms. The highest BCUT2D eigenvalue weighted by molar-refractivity contribution is 6.31. The first kappa shape index (κ1) is 9.16. The molecule has 0 amide bonds. The van der Waals surface area contributed by atoms with Gasteiger partial charge in [-0.3, -0.25) is 0 Å². The Balaban J connectivity index is 3.16. The van der Waals surface area contributed by atoms with Crippen LogP contribution in [0.3, 0.4) is 0 Å². The minimum atomic E-state index is -0.198. The fourth-order valence-corrected chi connectivity index (χ4v) is 1.08. The molecule has 1 aromatic rings. The molecule has 66 valence electrons. The van der Waals surface area contributed by atoms with Crippen molar-refractivity contribution < 1.29 is 14.9 Å². The molecule has 0 aliphatic heterocycles. The molecule has 4 heteroatoms. The summed E-state index contributed by atoms with van der Waals surface area (Å²) < 4.78 is 4.81. The van der Waals surface area contributed by atoms with Crippen LogP contribution in [0.1, 0.15) is 5.56 Å². The summed E-state index contributed by atoms with van der Waals surface area (Å²) in [5.74, 6) is 0.281. The highest BCUT2D eigenvalue weighted by Crippen LogP contribution is 2.31. The summed E-state index contributed by atoms with van der Waals surface area (Å²) in [4.78, 5) is 0. The lowest BCUT2D eigenvalue weighted by Crippen LogP contribution is -1.88. The summed E-state index contributed by atoms with van der Waals surface area (Å²) in [5, 5.41) is 18.4. The average molecular weight is 189 g/mol. The third kappa shape index (κ3) is 1.62. The van der Waals surface area contributed by atoms with Crippen molar-refractivity contribution in [1.29, 1.82) is 0 Å². The molecule has 0 spiro atoms. The zero-order chi connectivity index (χ0) is 9.14. The first-order valence-corrected chi connectivity index (χ1v) is 3.73. The number of phenols is 1. The largest absolute Gasteiger partial charge is 0.504 e. The normalized spacial score (nSPS) is 9.92. The maximum Gasteiger partial charge on any atom is 0.161 e. The SMILES string of the molecule is COc1cc(Cl)c(CO)cc1O. The first-order chi connectivity index (χ1) is 5.69. The first-order valence-electron chi connectivity index (χ1n) is 3.35. The average Bonchev–Trinajstić information content (AvgIpc) is 2.08. The molecule has 0 bridgehead atoms. The zero-order valence-corrected chi connectivity index (χ0v) is 7.30. The van der Waals surface area contributed by atoms with Crippen LogP contribution in [-0.4, -0.2) is 17.3 Å². The van der Waals surface area contributed by atoms with Crippen molar-refractivity contribution in [1.82, 2.24) is 0 Å². The molecular weight excluding hydrogens is 180 g/mol. The maximum absolute atomic E-state index is 9.25. The lowest BCUT2D eigenvalue weighted by atomic mass is 10.2. The number of phenolic OH excluding ortho intramolecular Hbond substituents is 1. The van der Waals surface area contributed by atoms with Crippen molar-refractivity contribution in [2.24, 2.45) is 0 Å². The zero-order valence-electron chi connectivity index (χ0n) is 6.54. The van der Waals surface area contributed by atoms with Gasteiger partial charge in [0.2, 0.25) is 0 Å². The van der Waals surface area contributed by atoms with E-state index in [9.17, 15) is 5.11 Å². The molecule has 0 aliphatic rings. The van der Waals surface area contributed by atoms with E-state index in [2.05, 4.69) is 0 Å². The molecule has 0 fully saturated rings. The van der Waals surface area contributed by atoms with Crippen molar-refractivity contribution in [3.8, 4) is 11.5 Å². The predicted octanol–water partition coefficient (Wildman–Crippen LogP) is 1.55. The lowest BCUT2D eigenvalue weighted by Gasteiger charge is -2.06. The molecular formula is C8H9ClO3. The molecule has 0 radical (unpaired) electrons. The fourth-order valence-electron chi connectivity index (χ4n) is 0.872. The third-order valence-corrected chi connectivity index (χ3v) is 1.87. The second-order valence-electron chi connectivity index (χ2n) is 2.27. The molecule has 0 aliphatic carbocycles.